The van der Waals surface area contributed by atoms with Crippen LogP contribution in [0.4, 0.5) is 0 Å². The molecule has 0 bridgehead atoms. The molecule has 80 valence electrons. The average Bonchev–Trinajstić information content (AvgIpc) is 2.67. The molecule has 2 unspecified atom stereocenters. The maximum atomic E-state index is 11.0. The molecule has 2 N–H and O–H groups in total. The summed E-state index contributed by atoms with van der Waals surface area (Å²) in [6, 6.07) is 3.76. The molecule has 0 aliphatic carbocycles. The lowest BCUT2D eigenvalue weighted by Gasteiger charge is -2.13. The van der Waals surface area contributed by atoms with E-state index in [0.717, 1.165) is 10.2 Å². The van der Waals surface area contributed by atoms with Crippen LogP contribution in [0.5, 0.6) is 0 Å². The molecule has 1 aliphatic rings. The summed E-state index contributed by atoms with van der Waals surface area (Å²) in [6.07, 6.45) is 1.70. The van der Waals surface area contributed by atoms with Gasteiger partial charge in [-0.05, 0) is 28.1 Å². The molecule has 1 aliphatic heterocycles. The van der Waals surface area contributed by atoms with Gasteiger partial charge in [-0.15, -0.1) is 0 Å². The maximum absolute atomic E-state index is 11.0. The summed E-state index contributed by atoms with van der Waals surface area (Å²) in [6.45, 7) is 1.21. The lowest BCUT2D eigenvalue weighted by molar-refractivity contribution is -0.141. The van der Waals surface area contributed by atoms with Crippen LogP contribution in [0.25, 0.3) is 0 Å². The zero-order valence-corrected chi connectivity index (χ0v) is 9.57. The number of aliphatic carboxylic acids is 1. The number of carboxylic acid groups (broad SMARTS) is 1. The Morgan fingerprint density at radius 1 is 1.53 bits per heavy atom. The number of pyridine rings is 1. The molecule has 1 aromatic rings. The van der Waals surface area contributed by atoms with Crippen LogP contribution in [0, 0.1) is 5.92 Å². The van der Waals surface area contributed by atoms with E-state index in [0.29, 0.717) is 13.1 Å². The van der Waals surface area contributed by atoms with Gasteiger partial charge in [-0.3, -0.25) is 9.78 Å². The maximum Gasteiger partial charge on any atom is 0.308 e. The predicted molar refractivity (Wildman–Crippen MR) is 58.7 cm³/mol. The van der Waals surface area contributed by atoms with Crippen molar-refractivity contribution in [3.8, 4) is 0 Å². The Kier molecular flexibility index (Phi) is 3.02. The number of nitrogens with one attached hydrogen (secondary N) is 1. The summed E-state index contributed by atoms with van der Waals surface area (Å²) in [5.41, 5.74) is 0.843. The smallest absolute Gasteiger partial charge is 0.308 e. The first-order valence-electron chi connectivity index (χ1n) is 4.73. The first-order chi connectivity index (χ1) is 7.18. The van der Waals surface area contributed by atoms with Crippen molar-refractivity contribution < 1.29 is 9.90 Å². The number of nitrogens with zero attached hydrogens (tertiary/aromatic N) is 1. The number of carboxylic acids is 1. The van der Waals surface area contributed by atoms with Gasteiger partial charge in [-0.2, -0.15) is 0 Å². The first kappa shape index (κ1) is 10.6. The average molecular weight is 271 g/mol. The van der Waals surface area contributed by atoms with E-state index in [2.05, 4.69) is 26.2 Å². The Morgan fingerprint density at radius 2 is 2.33 bits per heavy atom. The number of hydrogen-bond acceptors (Lipinski definition) is 3. The minimum atomic E-state index is -0.755. The Labute approximate surface area is 95.8 Å². The van der Waals surface area contributed by atoms with Crippen LogP contribution in [-0.4, -0.2) is 29.1 Å². The van der Waals surface area contributed by atoms with Crippen molar-refractivity contribution in [3.05, 3.63) is 28.5 Å². The van der Waals surface area contributed by atoms with Crippen molar-refractivity contribution in [1.82, 2.24) is 10.3 Å². The second-order valence-electron chi connectivity index (χ2n) is 3.61. The molecule has 0 aromatic carbocycles. The number of halogens is 1. The van der Waals surface area contributed by atoms with Gasteiger partial charge in [0.05, 0.1) is 5.92 Å². The minimum Gasteiger partial charge on any atom is -0.481 e. The summed E-state index contributed by atoms with van der Waals surface area (Å²) in [5.74, 6) is -1.14. The molecule has 2 rings (SSSR count). The Morgan fingerprint density at radius 3 is 2.93 bits per heavy atom. The third-order valence-electron chi connectivity index (χ3n) is 2.66. The highest BCUT2D eigenvalue weighted by Crippen LogP contribution is 2.27. The van der Waals surface area contributed by atoms with Crippen molar-refractivity contribution in [1.29, 1.82) is 0 Å². The molecule has 15 heavy (non-hydrogen) atoms. The van der Waals surface area contributed by atoms with E-state index in [9.17, 15) is 4.79 Å². The van der Waals surface area contributed by atoms with Crippen LogP contribution >= 0.6 is 15.9 Å². The van der Waals surface area contributed by atoms with Gasteiger partial charge < -0.3 is 10.4 Å². The van der Waals surface area contributed by atoms with Crippen LogP contribution in [0.2, 0.25) is 0 Å². The molecule has 5 heteroatoms. The lowest BCUT2D eigenvalue weighted by Crippen LogP contribution is -2.21. The van der Waals surface area contributed by atoms with Crippen LogP contribution in [0.15, 0.2) is 22.8 Å². The normalized spacial score (nSPS) is 25.4. The van der Waals surface area contributed by atoms with Crippen molar-refractivity contribution in [2.75, 3.05) is 13.1 Å². The number of hydrogen-bond donors (Lipinski definition) is 2. The standard InChI is InChI=1S/C10H11BrN2O2/c11-6-1-2-9(13-3-6)7-4-12-5-8(7)10(14)15/h1-3,7-8,12H,4-5H2,(H,14,15). The van der Waals surface area contributed by atoms with Crippen LogP contribution < -0.4 is 5.32 Å². The van der Waals surface area contributed by atoms with E-state index in [1.54, 1.807) is 6.20 Å². The number of rotatable bonds is 2. The Balaban J connectivity index is 2.22. The summed E-state index contributed by atoms with van der Waals surface area (Å²) < 4.78 is 0.907. The second kappa shape index (κ2) is 4.28. The Hall–Kier alpha value is -0.940. The summed E-state index contributed by atoms with van der Waals surface area (Å²) >= 11 is 3.30. The summed E-state index contributed by atoms with van der Waals surface area (Å²) in [7, 11) is 0. The first-order valence-corrected chi connectivity index (χ1v) is 5.53. The van der Waals surface area contributed by atoms with Crippen LogP contribution in [0.1, 0.15) is 11.6 Å². The number of aromatic nitrogens is 1. The van der Waals surface area contributed by atoms with Gasteiger partial charge in [0.25, 0.3) is 0 Å². The van der Waals surface area contributed by atoms with Crippen LogP contribution in [-0.2, 0) is 4.79 Å². The van der Waals surface area contributed by atoms with Gasteiger partial charge in [-0.25, -0.2) is 0 Å². The summed E-state index contributed by atoms with van der Waals surface area (Å²) in [4.78, 5) is 15.2. The fourth-order valence-electron chi connectivity index (χ4n) is 1.86. The molecule has 0 radical (unpaired) electrons. The molecule has 0 saturated carbocycles. The molecule has 1 fully saturated rings. The van der Waals surface area contributed by atoms with Gasteiger partial charge in [0, 0.05) is 35.4 Å². The molecule has 4 nitrogen and oxygen atoms in total. The number of carbonyl (C=O) groups is 1. The van der Waals surface area contributed by atoms with Crippen molar-refractivity contribution in [3.63, 3.8) is 0 Å². The van der Waals surface area contributed by atoms with E-state index in [1.807, 2.05) is 12.1 Å². The fourth-order valence-corrected chi connectivity index (χ4v) is 2.09. The molecular formula is C10H11BrN2O2. The van der Waals surface area contributed by atoms with Gasteiger partial charge >= 0.3 is 5.97 Å². The largest absolute Gasteiger partial charge is 0.481 e. The highest BCUT2D eigenvalue weighted by molar-refractivity contribution is 9.10. The van der Waals surface area contributed by atoms with Gasteiger partial charge in [0.15, 0.2) is 0 Å². The molecule has 2 heterocycles. The fraction of sp³-hybridized carbons (Fsp3) is 0.400. The molecule has 1 saturated heterocycles. The SMILES string of the molecule is O=C(O)C1CNCC1c1ccc(Br)cn1. The predicted octanol–water partition coefficient (Wildman–Crippen LogP) is 1.23. The minimum absolute atomic E-state index is 0.0180. The molecule has 1 aromatic heterocycles. The van der Waals surface area contributed by atoms with Crippen molar-refractivity contribution in [2.24, 2.45) is 5.92 Å². The van der Waals surface area contributed by atoms with Crippen molar-refractivity contribution >= 4 is 21.9 Å². The molecular weight excluding hydrogens is 260 g/mol. The Bertz CT molecular complexity index is 366. The van der Waals surface area contributed by atoms with Gasteiger partial charge in [0.2, 0.25) is 0 Å². The quantitative estimate of drug-likeness (QED) is 0.849. The van der Waals surface area contributed by atoms with E-state index in [1.165, 1.54) is 0 Å². The topological polar surface area (TPSA) is 62.2 Å². The monoisotopic (exact) mass is 270 g/mol. The molecule has 0 spiro atoms. The van der Waals surface area contributed by atoms with E-state index in [-0.39, 0.29) is 11.8 Å². The molecule has 2 atom stereocenters. The highest BCUT2D eigenvalue weighted by atomic mass is 79.9. The third kappa shape index (κ3) is 2.18. The lowest BCUT2D eigenvalue weighted by atomic mass is 9.93. The van der Waals surface area contributed by atoms with E-state index >= 15 is 0 Å². The van der Waals surface area contributed by atoms with E-state index in [4.69, 9.17) is 5.11 Å². The van der Waals surface area contributed by atoms with Gasteiger partial charge in [-0.1, -0.05) is 0 Å². The van der Waals surface area contributed by atoms with Crippen molar-refractivity contribution in [2.45, 2.75) is 5.92 Å². The third-order valence-corrected chi connectivity index (χ3v) is 3.13. The van der Waals surface area contributed by atoms with Gasteiger partial charge in [0.1, 0.15) is 0 Å². The van der Waals surface area contributed by atoms with Crippen LogP contribution in [0.3, 0.4) is 0 Å². The zero-order chi connectivity index (χ0) is 10.8. The summed E-state index contributed by atoms with van der Waals surface area (Å²) in [5, 5.41) is 12.1. The highest BCUT2D eigenvalue weighted by Gasteiger charge is 2.34. The van der Waals surface area contributed by atoms with E-state index < -0.39 is 5.97 Å². The molecule has 0 amide bonds. The zero-order valence-electron chi connectivity index (χ0n) is 7.98. The second-order valence-corrected chi connectivity index (χ2v) is 4.53.